The summed E-state index contributed by atoms with van der Waals surface area (Å²) in [6.07, 6.45) is 1.61. The minimum atomic E-state index is -1.09. The summed E-state index contributed by atoms with van der Waals surface area (Å²) in [5.41, 5.74) is 6.69. The molecule has 0 aliphatic rings. The predicted molar refractivity (Wildman–Crippen MR) is 135 cm³/mol. The Bertz CT molecular complexity index is 1310. The van der Waals surface area contributed by atoms with Gasteiger partial charge in [0, 0.05) is 12.3 Å². The number of carbonyl (C=O) groups excluding carboxylic acids is 1. The summed E-state index contributed by atoms with van der Waals surface area (Å²) < 4.78 is 9.16. The van der Waals surface area contributed by atoms with Crippen LogP contribution in [0.15, 0.2) is 77.7 Å². The van der Waals surface area contributed by atoms with Gasteiger partial charge in [0.05, 0.1) is 25.3 Å². The number of nitrogens with one attached hydrogen (secondary N) is 1. The van der Waals surface area contributed by atoms with Gasteiger partial charge in [-0.2, -0.15) is 0 Å². The van der Waals surface area contributed by atoms with E-state index in [0.717, 1.165) is 11.1 Å². The third-order valence-electron chi connectivity index (χ3n) is 5.36. The first-order valence-electron chi connectivity index (χ1n) is 11.0. The number of amides is 1. The van der Waals surface area contributed by atoms with E-state index in [1.807, 2.05) is 60.7 Å². The summed E-state index contributed by atoms with van der Waals surface area (Å²) in [5.74, 6) is 0.471. The van der Waals surface area contributed by atoms with Crippen molar-refractivity contribution in [2.45, 2.75) is 46.0 Å². The van der Waals surface area contributed by atoms with Gasteiger partial charge >= 0.3 is 0 Å². The van der Waals surface area contributed by atoms with Crippen molar-refractivity contribution in [2.24, 2.45) is 5.73 Å². The molecule has 4 aromatic rings. The van der Waals surface area contributed by atoms with Gasteiger partial charge in [-0.05, 0) is 25.0 Å². The highest BCUT2D eigenvalue weighted by Gasteiger charge is 2.28. The molecule has 0 saturated carbocycles. The fraction of sp³-hybridized carbons (Fsp3) is 0.308. The van der Waals surface area contributed by atoms with Gasteiger partial charge in [-0.1, -0.05) is 68.1 Å². The average Bonchev–Trinajstić information content (AvgIpc) is 3.25. The van der Waals surface area contributed by atoms with Crippen molar-refractivity contribution in [1.29, 1.82) is 0 Å². The van der Waals surface area contributed by atoms with Crippen molar-refractivity contribution in [3.63, 3.8) is 0 Å². The van der Waals surface area contributed by atoms with E-state index in [-0.39, 0.29) is 25.5 Å². The van der Waals surface area contributed by atoms with E-state index in [9.17, 15) is 9.59 Å². The summed E-state index contributed by atoms with van der Waals surface area (Å²) in [7, 11) is 0. The van der Waals surface area contributed by atoms with E-state index in [1.54, 1.807) is 29.0 Å². The first kappa shape index (κ1) is 25.8. The number of hydrogen-bond donors (Lipinski definition) is 2. The van der Waals surface area contributed by atoms with E-state index in [2.05, 4.69) is 15.5 Å². The Labute approximate surface area is 204 Å². The van der Waals surface area contributed by atoms with E-state index in [1.165, 1.54) is 6.07 Å². The first-order chi connectivity index (χ1) is 16.3. The number of nitrogens with two attached hydrogens (primary N) is 1. The van der Waals surface area contributed by atoms with Crippen LogP contribution in [0, 0.1) is 0 Å². The van der Waals surface area contributed by atoms with Gasteiger partial charge in [0.1, 0.15) is 6.04 Å². The van der Waals surface area contributed by atoms with Gasteiger partial charge in [-0.15, -0.1) is 10.2 Å². The molecule has 3 N–H and O–H groups in total. The van der Waals surface area contributed by atoms with Crippen LogP contribution in [0.5, 0.6) is 0 Å². The van der Waals surface area contributed by atoms with Gasteiger partial charge in [-0.3, -0.25) is 18.6 Å². The molecule has 35 heavy (non-hydrogen) atoms. The molecule has 0 aliphatic carbocycles. The Hall–Kier alpha value is -3.82. The molecule has 9 nitrogen and oxygen atoms in total. The van der Waals surface area contributed by atoms with Crippen molar-refractivity contribution in [3.8, 4) is 0 Å². The smallest absolute Gasteiger partial charge is 0.255 e. The Morgan fingerprint density at radius 3 is 2.29 bits per heavy atom. The summed E-state index contributed by atoms with van der Waals surface area (Å²) in [4.78, 5) is 25.3. The molecule has 0 aliphatic heterocycles. The van der Waals surface area contributed by atoms with Crippen LogP contribution in [-0.2, 0) is 22.7 Å². The Morgan fingerprint density at radius 2 is 1.66 bits per heavy atom. The SMILES string of the molecule is C.CC(C)(N)C(=O)N[C@H](COCc1ccccc1)c1nnc2n(Cc3ccccc3)c(=O)ccn12. The molecule has 9 heteroatoms. The second-order valence-corrected chi connectivity index (χ2v) is 8.70. The fourth-order valence-electron chi connectivity index (χ4n) is 3.49. The second-order valence-electron chi connectivity index (χ2n) is 8.70. The lowest BCUT2D eigenvalue weighted by Crippen LogP contribution is -2.51. The molecule has 0 spiro atoms. The first-order valence-corrected chi connectivity index (χ1v) is 11.0. The van der Waals surface area contributed by atoms with Gasteiger partial charge in [0.25, 0.3) is 5.56 Å². The molecular formula is C26H32N6O3. The molecule has 2 aromatic carbocycles. The third-order valence-corrected chi connectivity index (χ3v) is 5.36. The Balaban J connectivity index is 0.00000342. The number of ether oxygens (including phenoxy) is 1. The van der Waals surface area contributed by atoms with Crippen LogP contribution in [0.2, 0.25) is 0 Å². The second kappa shape index (κ2) is 11.1. The topological polar surface area (TPSA) is 117 Å². The number of hydrogen-bond acceptors (Lipinski definition) is 6. The van der Waals surface area contributed by atoms with Crippen molar-refractivity contribution < 1.29 is 9.53 Å². The van der Waals surface area contributed by atoms with E-state index in [4.69, 9.17) is 10.5 Å². The maximum Gasteiger partial charge on any atom is 0.255 e. The monoisotopic (exact) mass is 476 g/mol. The average molecular weight is 477 g/mol. The van der Waals surface area contributed by atoms with Crippen LogP contribution in [0.1, 0.15) is 44.3 Å². The summed E-state index contributed by atoms with van der Waals surface area (Å²) in [5, 5.41) is 11.5. The maximum atomic E-state index is 12.7. The number of rotatable bonds is 9. The molecule has 4 rings (SSSR count). The molecule has 1 amide bonds. The van der Waals surface area contributed by atoms with Gasteiger partial charge in [-0.25, -0.2) is 0 Å². The van der Waals surface area contributed by atoms with Crippen molar-refractivity contribution in [2.75, 3.05) is 6.61 Å². The van der Waals surface area contributed by atoms with Crippen molar-refractivity contribution >= 4 is 11.7 Å². The standard InChI is InChI=1S/C25H28N6O3.CH4/c1-25(2,26)23(33)27-20(17-34-16-19-11-7-4-8-12-19)22-28-29-24-30(22)14-13-21(32)31(24)15-18-9-5-3-6-10-18;/h3-14,20H,15-17,26H2,1-2H3,(H,27,33);1H4/t20-;/m1./s1. The summed E-state index contributed by atoms with van der Waals surface area (Å²) in [6.45, 7) is 4.12. The fourth-order valence-corrected chi connectivity index (χ4v) is 3.49. The zero-order chi connectivity index (χ0) is 24.1. The van der Waals surface area contributed by atoms with E-state index in [0.29, 0.717) is 24.8 Å². The quantitative estimate of drug-likeness (QED) is 0.384. The van der Waals surface area contributed by atoms with Crippen LogP contribution in [0.3, 0.4) is 0 Å². The van der Waals surface area contributed by atoms with E-state index < -0.39 is 11.6 Å². The zero-order valence-electron chi connectivity index (χ0n) is 19.2. The number of benzene rings is 2. The third kappa shape index (κ3) is 6.20. The highest BCUT2D eigenvalue weighted by molar-refractivity contribution is 5.85. The molecular weight excluding hydrogens is 444 g/mol. The number of carbonyl (C=O) groups is 1. The number of fused-ring (bicyclic) bond motifs is 1. The van der Waals surface area contributed by atoms with Crippen molar-refractivity contribution in [1.82, 2.24) is 24.5 Å². The molecule has 2 aromatic heterocycles. The van der Waals surface area contributed by atoms with Gasteiger partial charge in [0.15, 0.2) is 5.82 Å². The molecule has 1 atom stereocenters. The zero-order valence-corrected chi connectivity index (χ0v) is 19.2. The molecule has 0 bridgehead atoms. The lowest BCUT2D eigenvalue weighted by molar-refractivity contribution is -0.126. The minimum absolute atomic E-state index is 0. The summed E-state index contributed by atoms with van der Waals surface area (Å²) >= 11 is 0. The maximum absolute atomic E-state index is 12.7. The molecule has 184 valence electrons. The highest BCUT2D eigenvalue weighted by Crippen LogP contribution is 2.16. The normalized spacial score (nSPS) is 12.2. The molecule has 0 fully saturated rings. The van der Waals surface area contributed by atoms with Crippen molar-refractivity contribution in [3.05, 3.63) is 100 Å². The Morgan fingerprint density at radius 1 is 1.03 bits per heavy atom. The molecule has 2 heterocycles. The molecule has 0 radical (unpaired) electrons. The molecule has 0 saturated heterocycles. The van der Waals surface area contributed by atoms with Crippen LogP contribution in [0.25, 0.3) is 5.78 Å². The van der Waals surface area contributed by atoms with Crippen LogP contribution in [0.4, 0.5) is 0 Å². The van der Waals surface area contributed by atoms with Gasteiger partial charge < -0.3 is 15.8 Å². The lowest BCUT2D eigenvalue weighted by Gasteiger charge is -2.23. The van der Waals surface area contributed by atoms with E-state index >= 15 is 0 Å². The molecule has 0 unspecified atom stereocenters. The number of aromatic nitrogens is 4. The van der Waals surface area contributed by atoms with Crippen LogP contribution >= 0.6 is 0 Å². The highest BCUT2D eigenvalue weighted by atomic mass is 16.5. The van der Waals surface area contributed by atoms with Gasteiger partial charge in [0.2, 0.25) is 11.7 Å². The Kier molecular flexibility index (Phi) is 8.16. The van der Waals surface area contributed by atoms with Crippen LogP contribution < -0.4 is 16.6 Å². The largest absolute Gasteiger partial charge is 0.374 e. The minimum Gasteiger partial charge on any atom is -0.374 e. The number of nitrogens with zero attached hydrogens (tertiary/aromatic N) is 4. The summed E-state index contributed by atoms with van der Waals surface area (Å²) in [6, 6.07) is 20.2. The lowest BCUT2D eigenvalue weighted by atomic mass is 10.1. The van der Waals surface area contributed by atoms with Crippen LogP contribution in [-0.4, -0.2) is 37.2 Å². The predicted octanol–water partition coefficient (Wildman–Crippen LogP) is 2.69.